The summed E-state index contributed by atoms with van der Waals surface area (Å²) >= 11 is 0. The Labute approximate surface area is 83.4 Å². The van der Waals surface area contributed by atoms with Gasteiger partial charge in [0.25, 0.3) is 0 Å². The third-order valence-electron chi connectivity index (χ3n) is 2.25. The van der Waals surface area contributed by atoms with Gasteiger partial charge in [-0.15, -0.1) is 0 Å². The molecule has 0 aromatic heterocycles. The highest BCUT2D eigenvalue weighted by atomic mass is 19.4. The molecule has 0 amide bonds. The molecule has 2 N–H and O–H groups in total. The quantitative estimate of drug-likeness (QED) is 0.726. The number of nitrogens with two attached hydrogens (primary N) is 1. The van der Waals surface area contributed by atoms with E-state index >= 15 is 0 Å². The maximum absolute atomic E-state index is 12.8. The lowest BCUT2D eigenvalue weighted by atomic mass is 9.77. The number of Topliss-reactive ketones (excluding diaryl/α,β-unsaturated/α-hetero) is 1. The van der Waals surface area contributed by atoms with E-state index in [-0.39, 0.29) is 0 Å². The Balaban J connectivity index is 3.03. The standard InChI is InChI=1S/C9H9F4NO/c10-6-2-1-3-8(4-6,5-14)7(15)9(11,12)13/h1-3H,4-5,14H2. The Morgan fingerprint density at radius 3 is 2.53 bits per heavy atom. The van der Waals surface area contributed by atoms with Crippen LogP contribution in [0.5, 0.6) is 0 Å². The molecule has 0 spiro atoms. The van der Waals surface area contributed by atoms with Crippen LogP contribution in [0, 0.1) is 5.41 Å². The van der Waals surface area contributed by atoms with Crippen molar-refractivity contribution in [3.63, 3.8) is 0 Å². The minimum atomic E-state index is -5.00. The molecule has 84 valence electrons. The van der Waals surface area contributed by atoms with Crippen molar-refractivity contribution < 1.29 is 22.4 Å². The highest BCUT2D eigenvalue weighted by Crippen LogP contribution is 2.37. The summed E-state index contributed by atoms with van der Waals surface area (Å²) < 4.78 is 49.5. The Kier molecular flexibility index (Phi) is 2.99. The summed E-state index contributed by atoms with van der Waals surface area (Å²) in [6.07, 6.45) is -2.53. The van der Waals surface area contributed by atoms with Gasteiger partial charge in [0.2, 0.25) is 5.78 Å². The first-order valence-electron chi connectivity index (χ1n) is 4.17. The molecule has 0 aliphatic heterocycles. The number of hydrogen-bond acceptors (Lipinski definition) is 2. The van der Waals surface area contributed by atoms with Crippen molar-refractivity contribution in [2.75, 3.05) is 6.54 Å². The van der Waals surface area contributed by atoms with Crippen molar-refractivity contribution in [3.05, 3.63) is 24.1 Å². The number of halogens is 4. The summed E-state index contributed by atoms with van der Waals surface area (Å²) in [6.45, 7) is -0.566. The van der Waals surface area contributed by atoms with Gasteiger partial charge >= 0.3 is 6.18 Å². The predicted octanol–water partition coefficient (Wildman–Crippen LogP) is 1.88. The average Bonchev–Trinajstić information content (AvgIpc) is 2.15. The van der Waals surface area contributed by atoms with Gasteiger partial charge in [0.15, 0.2) is 0 Å². The van der Waals surface area contributed by atoms with E-state index in [0.717, 1.165) is 18.2 Å². The smallest absolute Gasteiger partial charge is 0.329 e. The second kappa shape index (κ2) is 3.77. The largest absolute Gasteiger partial charge is 0.450 e. The van der Waals surface area contributed by atoms with Crippen LogP contribution in [-0.2, 0) is 4.79 Å². The Morgan fingerprint density at radius 1 is 1.53 bits per heavy atom. The van der Waals surface area contributed by atoms with Crippen LogP contribution in [0.4, 0.5) is 17.6 Å². The number of hydrogen-bond donors (Lipinski definition) is 1. The fourth-order valence-electron chi connectivity index (χ4n) is 1.43. The summed E-state index contributed by atoms with van der Waals surface area (Å²) in [4.78, 5) is 11.1. The minimum Gasteiger partial charge on any atom is -0.329 e. The number of rotatable bonds is 2. The molecule has 0 saturated carbocycles. The SMILES string of the molecule is NCC1(C(=O)C(F)(F)F)C=CC=C(F)C1. The molecule has 6 heteroatoms. The average molecular weight is 223 g/mol. The maximum Gasteiger partial charge on any atom is 0.450 e. The summed E-state index contributed by atoms with van der Waals surface area (Å²) in [7, 11) is 0. The van der Waals surface area contributed by atoms with Gasteiger partial charge in [-0.05, 0) is 6.08 Å². The third kappa shape index (κ3) is 2.26. The van der Waals surface area contributed by atoms with Crippen molar-refractivity contribution in [1.29, 1.82) is 0 Å². The second-order valence-corrected chi connectivity index (χ2v) is 3.34. The number of allylic oxidation sites excluding steroid dienone is 3. The summed E-state index contributed by atoms with van der Waals surface area (Å²) in [5.74, 6) is -2.78. The zero-order valence-corrected chi connectivity index (χ0v) is 7.64. The van der Waals surface area contributed by atoms with Gasteiger partial charge in [-0.2, -0.15) is 13.2 Å². The van der Waals surface area contributed by atoms with E-state index in [9.17, 15) is 22.4 Å². The van der Waals surface area contributed by atoms with Crippen LogP contribution >= 0.6 is 0 Å². The van der Waals surface area contributed by atoms with E-state index < -0.39 is 36.2 Å². The molecule has 2 nitrogen and oxygen atoms in total. The second-order valence-electron chi connectivity index (χ2n) is 3.34. The first-order chi connectivity index (χ1) is 6.82. The van der Waals surface area contributed by atoms with Gasteiger partial charge in [0, 0.05) is 13.0 Å². The van der Waals surface area contributed by atoms with Crippen LogP contribution in [-0.4, -0.2) is 18.5 Å². The zero-order chi connectivity index (χ0) is 11.7. The number of alkyl halides is 3. The Morgan fingerprint density at radius 2 is 2.13 bits per heavy atom. The lowest BCUT2D eigenvalue weighted by molar-refractivity contribution is -0.179. The third-order valence-corrected chi connectivity index (χ3v) is 2.25. The Hall–Kier alpha value is -1.17. The van der Waals surface area contributed by atoms with Crippen LogP contribution in [0.1, 0.15) is 6.42 Å². The van der Waals surface area contributed by atoms with Crippen molar-refractivity contribution in [2.45, 2.75) is 12.6 Å². The van der Waals surface area contributed by atoms with E-state index in [1.54, 1.807) is 0 Å². The molecule has 0 saturated heterocycles. The molecule has 1 aliphatic rings. The van der Waals surface area contributed by atoms with Crippen LogP contribution in [0.15, 0.2) is 24.1 Å². The first kappa shape index (κ1) is 11.9. The highest BCUT2D eigenvalue weighted by Gasteiger charge is 2.51. The lowest BCUT2D eigenvalue weighted by Crippen LogP contribution is -2.45. The number of carbonyl (C=O) groups excluding carboxylic acids is 1. The first-order valence-corrected chi connectivity index (χ1v) is 4.17. The highest BCUT2D eigenvalue weighted by molar-refractivity contribution is 5.92. The van der Waals surface area contributed by atoms with Crippen LogP contribution in [0.2, 0.25) is 0 Å². The lowest BCUT2D eigenvalue weighted by Gasteiger charge is -2.29. The van der Waals surface area contributed by atoms with Gasteiger partial charge in [-0.3, -0.25) is 4.79 Å². The van der Waals surface area contributed by atoms with Crippen molar-refractivity contribution in [1.82, 2.24) is 0 Å². The Bertz CT molecular complexity index is 331. The van der Waals surface area contributed by atoms with Gasteiger partial charge in [-0.25, -0.2) is 4.39 Å². The zero-order valence-electron chi connectivity index (χ0n) is 7.64. The fraction of sp³-hybridized carbons (Fsp3) is 0.444. The van der Waals surface area contributed by atoms with E-state index in [1.165, 1.54) is 0 Å². The molecule has 0 heterocycles. The summed E-state index contributed by atoms with van der Waals surface area (Å²) in [5.41, 5.74) is 3.16. The molecule has 0 bridgehead atoms. The van der Waals surface area contributed by atoms with Crippen LogP contribution in [0.25, 0.3) is 0 Å². The van der Waals surface area contributed by atoms with Gasteiger partial charge in [0.1, 0.15) is 5.83 Å². The fourth-order valence-corrected chi connectivity index (χ4v) is 1.43. The molecule has 15 heavy (non-hydrogen) atoms. The molecule has 0 fully saturated rings. The van der Waals surface area contributed by atoms with Crippen LogP contribution in [0.3, 0.4) is 0 Å². The minimum absolute atomic E-state index is 0.566. The van der Waals surface area contributed by atoms with Crippen molar-refractivity contribution in [3.8, 4) is 0 Å². The van der Waals surface area contributed by atoms with E-state index in [1.807, 2.05) is 0 Å². The normalized spacial score (nSPS) is 26.3. The molecule has 0 radical (unpaired) electrons. The topological polar surface area (TPSA) is 43.1 Å². The molecule has 1 aliphatic carbocycles. The van der Waals surface area contributed by atoms with Gasteiger partial charge < -0.3 is 5.73 Å². The van der Waals surface area contributed by atoms with E-state index in [4.69, 9.17) is 5.73 Å². The van der Waals surface area contributed by atoms with Gasteiger partial charge in [-0.1, -0.05) is 12.2 Å². The molecule has 0 aromatic rings. The predicted molar refractivity (Wildman–Crippen MR) is 45.5 cm³/mol. The molecule has 1 unspecified atom stereocenters. The molecule has 1 rings (SSSR count). The molecule has 1 atom stereocenters. The van der Waals surface area contributed by atoms with Crippen molar-refractivity contribution in [2.24, 2.45) is 11.1 Å². The van der Waals surface area contributed by atoms with E-state index in [0.29, 0.717) is 0 Å². The molecular weight excluding hydrogens is 214 g/mol. The molecular formula is C9H9F4NO. The van der Waals surface area contributed by atoms with Crippen LogP contribution < -0.4 is 5.73 Å². The summed E-state index contributed by atoms with van der Waals surface area (Å²) in [5, 5.41) is 0. The number of carbonyl (C=O) groups is 1. The summed E-state index contributed by atoms with van der Waals surface area (Å²) in [6, 6.07) is 0. The van der Waals surface area contributed by atoms with Gasteiger partial charge in [0.05, 0.1) is 5.41 Å². The van der Waals surface area contributed by atoms with E-state index in [2.05, 4.69) is 0 Å². The monoisotopic (exact) mass is 223 g/mol. The maximum atomic E-state index is 12.8. The van der Waals surface area contributed by atoms with Crippen molar-refractivity contribution >= 4 is 5.78 Å². The number of ketones is 1. The molecule has 0 aromatic carbocycles.